The van der Waals surface area contributed by atoms with Crippen molar-refractivity contribution >= 4 is 28.3 Å². The van der Waals surface area contributed by atoms with Crippen LogP contribution < -0.4 is 29.6 Å². The van der Waals surface area contributed by atoms with Gasteiger partial charge in [0.15, 0.2) is 11.5 Å². The third kappa shape index (κ3) is 7.56. The fraction of sp³-hybridized carbons (Fsp3) is 0.300. The molecule has 0 bridgehead atoms. The van der Waals surface area contributed by atoms with Crippen molar-refractivity contribution in [2.45, 2.75) is 6.42 Å². The topological polar surface area (TPSA) is 116 Å². The van der Waals surface area contributed by atoms with Crippen LogP contribution in [0.3, 0.4) is 0 Å². The molecule has 1 saturated heterocycles. The van der Waals surface area contributed by atoms with Crippen LogP contribution in [0.2, 0.25) is 0 Å². The van der Waals surface area contributed by atoms with Crippen molar-refractivity contribution in [1.82, 2.24) is 14.9 Å². The number of rotatable bonds is 11. The highest BCUT2D eigenvalue weighted by molar-refractivity contribution is 6.00. The first-order valence-corrected chi connectivity index (χ1v) is 13.6. The maximum atomic E-state index is 13.9. The number of fused-ring (bicyclic) bond motifs is 1. The van der Waals surface area contributed by atoms with Crippen LogP contribution in [0, 0.1) is 11.6 Å². The lowest BCUT2D eigenvalue weighted by atomic mass is 10.2. The van der Waals surface area contributed by atoms with Crippen molar-refractivity contribution in [3.05, 3.63) is 66.5 Å². The van der Waals surface area contributed by atoms with Crippen molar-refractivity contribution in [3.8, 4) is 28.9 Å². The molecule has 5 rings (SSSR count). The summed E-state index contributed by atoms with van der Waals surface area (Å²) in [6.45, 7) is 4.82. The number of hydrogen-bond donors (Lipinski definition) is 2. The van der Waals surface area contributed by atoms with Crippen molar-refractivity contribution in [2.75, 3.05) is 64.3 Å². The predicted molar refractivity (Wildman–Crippen MR) is 156 cm³/mol. The normalized spacial score (nSPS) is 13.4. The SMILES string of the molecule is COc1cc(Oc2ncnc3cc(OCCCN4CCOCC4)c(OC)cc23)ccc1NC(=O)Nc1ccc(F)cc1F. The second kappa shape index (κ2) is 13.9. The van der Waals surface area contributed by atoms with E-state index in [4.69, 9.17) is 23.7 Å². The molecule has 0 radical (unpaired) electrons. The van der Waals surface area contributed by atoms with E-state index < -0.39 is 17.7 Å². The van der Waals surface area contributed by atoms with Crippen LogP contribution >= 0.6 is 0 Å². The Morgan fingerprint density at radius 2 is 1.70 bits per heavy atom. The van der Waals surface area contributed by atoms with Gasteiger partial charge in [0.1, 0.15) is 29.5 Å². The summed E-state index contributed by atoms with van der Waals surface area (Å²) in [6, 6.07) is 10.4. The fourth-order valence-electron chi connectivity index (χ4n) is 4.51. The Balaban J connectivity index is 1.26. The van der Waals surface area contributed by atoms with Crippen LogP contribution in [-0.2, 0) is 4.74 Å². The number of nitrogens with zero attached hydrogens (tertiary/aromatic N) is 3. The van der Waals surface area contributed by atoms with E-state index in [-0.39, 0.29) is 17.3 Å². The fourth-order valence-corrected chi connectivity index (χ4v) is 4.51. The first-order chi connectivity index (χ1) is 20.9. The molecule has 1 aromatic heterocycles. The molecule has 43 heavy (non-hydrogen) atoms. The number of aromatic nitrogens is 2. The molecule has 2 heterocycles. The van der Waals surface area contributed by atoms with Crippen molar-refractivity contribution in [2.24, 2.45) is 0 Å². The summed E-state index contributed by atoms with van der Waals surface area (Å²) in [6.07, 6.45) is 2.25. The van der Waals surface area contributed by atoms with E-state index in [0.29, 0.717) is 46.5 Å². The molecule has 13 heteroatoms. The Morgan fingerprint density at radius 3 is 2.47 bits per heavy atom. The number of carbonyl (C=O) groups excluding carboxylic acids is 1. The minimum Gasteiger partial charge on any atom is -0.494 e. The van der Waals surface area contributed by atoms with Crippen LogP contribution in [-0.4, -0.2) is 74.6 Å². The van der Waals surface area contributed by atoms with Crippen molar-refractivity contribution in [1.29, 1.82) is 0 Å². The Morgan fingerprint density at radius 1 is 0.930 bits per heavy atom. The van der Waals surface area contributed by atoms with E-state index in [1.807, 2.05) is 0 Å². The third-order valence-electron chi connectivity index (χ3n) is 6.68. The standard InChI is InChI=1S/C30H31F2N5O6/c1-39-26-15-20(5-7-24(26)36-30(38)35-23-6-4-19(31)14-22(23)32)43-29-21-16-27(40-2)28(17-25(21)33-18-34-29)42-11-3-8-37-9-12-41-13-10-37/h4-7,14-18H,3,8-13H2,1-2H3,(H2,35,36,38). The molecular formula is C30H31F2N5O6. The first kappa shape index (κ1) is 29.7. The van der Waals surface area contributed by atoms with Gasteiger partial charge in [-0.25, -0.2) is 23.5 Å². The summed E-state index contributed by atoms with van der Waals surface area (Å²) in [5, 5.41) is 5.51. The average molecular weight is 596 g/mol. The lowest BCUT2D eigenvalue weighted by Crippen LogP contribution is -2.37. The molecule has 0 saturated carbocycles. The Hall–Kier alpha value is -4.75. The maximum Gasteiger partial charge on any atom is 0.323 e. The van der Waals surface area contributed by atoms with Gasteiger partial charge in [0, 0.05) is 37.8 Å². The highest BCUT2D eigenvalue weighted by Gasteiger charge is 2.16. The summed E-state index contributed by atoms with van der Waals surface area (Å²) < 4.78 is 55.6. The molecule has 0 spiro atoms. The summed E-state index contributed by atoms with van der Waals surface area (Å²) >= 11 is 0. The highest BCUT2D eigenvalue weighted by atomic mass is 19.1. The van der Waals surface area contributed by atoms with Gasteiger partial charge >= 0.3 is 6.03 Å². The second-order valence-corrected chi connectivity index (χ2v) is 9.52. The van der Waals surface area contributed by atoms with Crippen LogP contribution in [0.25, 0.3) is 10.9 Å². The molecule has 3 aromatic carbocycles. The Kier molecular flexibility index (Phi) is 9.64. The van der Waals surface area contributed by atoms with E-state index in [1.165, 1.54) is 13.4 Å². The van der Waals surface area contributed by atoms with Gasteiger partial charge in [-0.3, -0.25) is 4.90 Å². The van der Waals surface area contributed by atoms with E-state index in [0.717, 1.165) is 51.4 Å². The quantitative estimate of drug-likeness (QED) is 0.218. The molecule has 226 valence electrons. The van der Waals surface area contributed by atoms with Crippen LogP contribution in [0.1, 0.15) is 6.42 Å². The molecule has 0 atom stereocenters. The molecule has 2 amide bonds. The van der Waals surface area contributed by atoms with Gasteiger partial charge in [0.05, 0.1) is 56.3 Å². The van der Waals surface area contributed by atoms with Crippen LogP contribution in [0.15, 0.2) is 54.9 Å². The monoisotopic (exact) mass is 595 g/mol. The first-order valence-electron chi connectivity index (χ1n) is 13.6. The number of urea groups is 1. The summed E-state index contributed by atoms with van der Waals surface area (Å²) in [5.74, 6) is 0.346. The molecule has 1 aliphatic heterocycles. The minimum atomic E-state index is -0.901. The molecule has 4 aromatic rings. The number of anilines is 2. The van der Waals surface area contributed by atoms with Gasteiger partial charge in [0.25, 0.3) is 0 Å². The zero-order valence-corrected chi connectivity index (χ0v) is 23.7. The number of carbonyl (C=O) groups is 1. The zero-order valence-electron chi connectivity index (χ0n) is 23.7. The molecule has 0 unspecified atom stereocenters. The average Bonchev–Trinajstić information content (AvgIpc) is 3.01. The molecule has 1 fully saturated rings. The lowest BCUT2D eigenvalue weighted by Gasteiger charge is -2.26. The van der Waals surface area contributed by atoms with Gasteiger partial charge in [-0.15, -0.1) is 0 Å². The number of ether oxygens (including phenoxy) is 5. The van der Waals surface area contributed by atoms with Gasteiger partial charge in [-0.05, 0) is 36.8 Å². The van der Waals surface area contributed by atoms with E-state index in [2.05, 4.69) is 25.5 Å². The highest BCUT2D eigenvalue weighted by Crippen LogP contribution is 2.37. The zero-order chi connectivity index (χ0) is 30.2. The Labute approximate surface area is 246 Å². The largest absolute Gasteiger partial charge is 0.494 e. The van der Waals surface area contributed by atoms with Crippen LogP contribution in [0.5, 0.6) is 28.9 Å². The molecule has 11 nitrogen and oxygen atoms in total. The predicted octanol–water partition coefficient (Wildman–Crippen LogP) is 5.46. The second-order valence-electron chi connectivity index (χ2n) is 9.52. The van der Waals surface area contributed by atoms with E-state index in [1.54, 1.807) is 37.4 Å². The number of halogens is 2. The summed E-state index contributed by atoms with van der Waals surface area (Å²) in [4.78, 5) is 23.5. The third-order valence-corrected chi connectivity index (χ3v) is 6.68. The van der Waals surface area contributed by atoms with Gasteiger partial charge in [0.2, 0.25) is 5.88 Å². The van der Waals surface area contributed by atoms with Crippen LogP contribution in [0.4, 0.5) is 25.0 Å². The number of hydrogen-bond acceptors (Lipinski definition) is 9. The number of benzene rings is 3. The van der Waals surface area contributed by atoms with E-state index in [9.17, 15) is 13.6 Å². The van der Waals surface area contributed by atoms with Gasteiger partial charge in [-0.1, -0.05) is 0 Å². The lowest BCUT2D eigenvalue weighted by molar-refractivity contribution is 0.0357. The Bertz CT molecular complexity index is 1580. The van der Waals surface area contributed by atoms with Crippen molar-refractivity contribution in [3.63, 3.8) is 0 Å². The van der Waals surface area contributed by atoms with Crippen molar-refractivity contribution < 1.29 is 37.3 Å². The van der Waals surface area contributed by atoms with Gasteiger partial charge < -0.3 is 34.3 Å². The summed E-state index contributed by atoms with van der Waals surface area (Å²) in [5.41, 5.74) is 0.717. The number of morpholine rings is 1. The number of amides is 2. The van der Waals surface area contributed by atoms with Gasteiger partial charge in [-0.2, -0.15) is 0 Å². The molecular weight excluding hydrogens is 564 g/mol. The number of methoxy groups -OCH3 is 2. The minimum absolute atomic E-state index is 0.176. The summed E-state index contributed by atoms with van der Waals surface area (Å²) in [7, 11) is 2.98. The van der Waals surface area contributed by atoms with E-state index >= 15 is 0 Å². The maximum absolute atomic E-state index is 13.9. The number of nitrogens with one attached hydrogen (secondary N) is 2. The molecule has 2 N–H and O–H groups in total. The molecule has 0 aliphatic carbocycles. The smallest absolute Gasteiger partial charge is 0.323 e. The molecule has 1 aliphatic rings.